The molecule has 0 amide bonds. The van der Waals surface area contributed by atoms with E-state index in [9.17, 15) is 4.39 Å². The second-order valence-corrected chi connectivity index (χ2v) is 5.43. The van der Waals surface area contributed by atoms with Gasteiger partial charge in [0.2, 0.25) is 0 Å². The van der Waals surface area contributed by atoms with Gasteiger partial charge in [0.05, 0.1) is 5.69 Å². The summed E-state index contributed by atoms with van der Waals surface area (Å²) in [5.74, 6) is 0.153. The molecule has 4 heteroatoms. The van der Waals surface area contributed by atoms with Crippen molar-refractivity contribution in [3.63, 3.8) is 0 Å². The van der Waals surface area contributed by atoms with E-state index in [0.717, 1.165) is 17.7 Å². The van der Waals surface area contributed by atoms with Crippen LogP contribution in [0.5, 0.6) is 0 Å². The molecule has 2 N–H and O–H groups in total. The molecule has 2 aromatic rings. The Bertz CT molecular complexity index is 503. The minimum absolute atomic E-state index is 0.207. The topological polar surface area (TPSA) is 38.9 Å². The second kappa shape index (κ2) is 4.84. The molecule has 1 heterocycles. The van der Waals surface area contributed by atoms with Gasteiger partial charge in [-0.3, -0.25) is 0 Å². The molecule has 2 nitrogen and oxygen atoms in total. The molecule has 0 spiro atoms. The van der Waals surface area contributed by atoms with Crippen LogP contribution < -0.4 is 5.73 Å². The van der Waals surface area contributed by atoms with Crippen LogP contribution in [0.4, 0.5) is 9.52 Å². The Morgan fingerprint density at radius 3 is 2.53 bits per heavy atom. The normalized spacial score (nSPS) is 11.1. The molecule has 2 rings (SSSR count). The summed E-state index contributed by atoms with van der Waals surface area (Å²) >= 11 is 1.51. The number of anilines is 1. The molecule has 0 aliphatic heterocycles. The average molecular weight is 250 g/mol. The van der Waals surface area contributed by atoms with Crippen LogP contribution >= 0.6 is 11.3 Å². The summed E-state index contributed by atoms with van der Waals surface area (Å²) in [6.45, 7) is 4.20. The fraction of sp³-hybridized carbons (Fsp3) is 0.308. The van der Waals surface area contributed by atoms with Crippen molar-refractivity contribution >= 4 is 16.5 Å². The maximum absolute atomic E-state index is 12.8. The Kier molecular flexibility index (Phi) is 3.43. The fourth-order valence-electron chi connectivity index (χ4n) is 1.75. The average Bonchev–Trinajstić information content (AvgIpc) is 2.63. The number of hydrogen-bond donors (Lipinski definition) is 1. The van der Waals surface area contributed by atoms with Crippen molar-refractivity contribution in [1.29, 1.82) is 0 Å². The zero-order chi connectivity index (χ0) is 12.4. The van der Waals surface area contributed by atoms with E-state index in [1.165, 1.54) is 28.3 Å². The van der Waals surface area contributed by atoms with Gasteiger partial charge in [0.1, 0.15) is 5.82 Å². The van der Waals surface area contributed by atoms with E-state index >= 15 is 0 Å². The largest absolute Gasteiger partial charge is 0.375 e. The van der Waals surface area contributed by atoms with Gasteiger partial charge in [0.25, 0.3) is 0 Å². The summed E-state index contributed by atoms with van der Waals surface area (Å²) < 4.78 is 12.8. The number of aromatic nitrogens is 1. The number of hydrogen-bond acceptors (Lipinski definition) is 3. The summed E-state index contributed by atoms with van der Waals surface area (Å²) in [6, 6.07) is 6.56. The van der Waals surface area contributed by atoms with Gasteiger partial charge in [0.15, 0.2) is 5.13 Å². The molecule has 0 atom stereocenters. The molecule has 17 heavy (non-hydrogen) atoms. The fourth-order valence-corrected chi connectivity index (χ4v) is 2.77. The minimum atomic E-state index is -0.207. The standard InChI is InChI=1S/C13H15FN2S/c1-8(2)12-11(17-13(15)16-12)7-9-3-5-10(14)6-4-9/h3-6,8H,7H2,1-2H3,(H2,15,16). The monoisotopic (exact) mass is 250 g/mol. The highest BCUT2D eigenvalue weighted by molar-refractivity contribution is 7.15. The Morgan fingerprint density at radius 1 is 1.29 bits per heavy atom. The lowest BCUT2D eigenvalue weighted by Crippen LogP contribution is -1.95. The molecule has 90 valence electrons. The predicted molar refractivity (Wildman–Crippen MR) is 69.8 cm³/mol. The third-order valence-electron chi connectivity index (χ3n) is 2.57. The molecule has 0 aliphatic rings. The smallest absolute Gasteiger partial charge is 0.180 e. The van der Waals surface area contributed by atoms with Crippen molar-refractivity contribution in [2.75, 3.05) is 5.73 Å². The Hall–Kier alpha value is -1.42. The first-order valence-corrected chi connectivity index (χ1v) is 6.37. The third kappa shape index (κ3) is 2.82. The quantitative estimate of drug-likeness (QED) is 0.904. The SMILES string of the molecule is CC(C)c1nc(N)sc1Cc1ccc(F)cc1. The molecule has 0 saturated carbocycles. The van der Waals surface area contributed by atoms with E-state index in [0.29, 0.717) is 11.0 Å². The van der Waals surface area contributed by atoms with Crippen molar-refractivity contribution in [3.05, 3.63) is 46.2 Å². The molecule has 0 aliphatic carbocycles. The molecular formula is C13H15FN2S. The number of halogens is 1. The molecule has 1 aromatic heterocycles. The minimum Gasteiger partial charge on any atom is -0.375 e. The summed E-state index contributed by atoms with van der Waals surface area (Å²) in [5, 5.41) is 0.603. The van der Waals surface area contributed by atoms with Gasteiger partial charge in [-0.05, 0) is 23.6 Å². The summed E-state index contributed by atoms with van der Waals surface area (Å²) in [4.78, 5) is 5.52. The van der Waals surface area contributed by atoms with Gasteiger partial charge in [-0.15, -0.1) is 11.3 Å². The van der Waals surface area contributed by atoms with Crippen molar-refractivity contribution in [2.45, 2.75) is 26.2 Å². The molecule has 0 unspecified atom stereocenters. The maximum atomic E-state index is 12.8. The van der Waals surface area contributed by atoms with Crippen molar-refractivity contribution in [3.8, 4) is 0 Å². The number of thiazole rings is 1. The molecular weight excluding hydrogens is 235 g/mol. The van der Waals surface area contributed by atoms with Crippen LogP contribution in [-0.2, 0) is 6.42 Å². The van der Waals surface area contributed by atoms with Crippen molar-refractivity contribution in [1.82, 2.24) is 4.98 Å². The van der Waals surface area contributed by atoms with Crippen LogP contribution in [0, 0.1) is 5.82 Å². The van der Waals surface area contributed by atoms with Crippen LogP contribution in [0.15, 0.2) is 24.3 Å². The highest BCUT2D eigenvalue weighted by Crippen LogP contribution is 2.28. The first-order chi connectivity index (χ1) is 8.06. The Morgan fingerprint density at radius 2 is 1.94 bits per heavy atom. The lowest BCUT2D eigenvalue weighted by atomic mass is 10.0. The van der Waals surface area contributed by atoms with Crippen molar-refractivity contribution in [2.24, 2.45) is 0 Å². The predicted octanol–water partition coefficient (Wildman–Crippen LogP) is 3.58. The lowest BCUT2D eigenvalue weighted by molar-refractivity contribution is 0.627. The van der Waals surface area contributed by atoms with E-state index in [-0.39, 0.29) is 5.82 Å². The first-order valence-electron chi connectivity index (χ1n) is 5.55. The van der Waals surface area contributed by atoms with Crippen molar-refractivity contribution < 1.29 is 4.39 Å². The molecule has 0 bridgehead atoms. The van der Waals surface area contributed by atoms with E-state index in [2.05, 4.69) is 18.8 Å². The summed E-state index contributed by atoms with van der Waals surface area (Å²) in [6.07, 6.45) is 0.767. The van der Waals surface area contributed by atoms with Gasteiger partial charge in [-0.25, -0.2) is 9.37 Å². The zero-order valence-corrected chi connectivity index (χ0v) is 10.7. The number of benzene rings is 1. The van der Waals surface area contributed by atoms with Crippen LogP contribution in [0.2, 0.25) is 0 Å². The van der Waals surface area contributed by atoms with Gasteiger partial charge < -0.3 is 5.73 Å². The second-order valence-electron chi connectivity index (χ2n) is 4.32. The Balaban J connectivity index is 2.26. The van der Waals surface area contributed by atoms with E-state index < -0.39 is 0 Å². The summed E-state index contributed by atoms with van der Waals surface area (Å²) in [5.41, 5.74) is 7.88. The number of nitrogen functional groups attached to an aromatic ring is 1. The number of nitrogens with zero attached hydrogens (tertiary/aromatic N) is 1. The molecule has 0 radical (unpaired) electrons. The van der Waals surface area contributed by atoms with Gasteiger partial charge in [-0.1, -0.05) is 26.0 Å². The van der Waals surface area contributed by atoms with E-state index in [4.69, 9.17) is 5.73 Å². The van der Waals surface area contributed by atoms with Crippen LogP contribution in [0.3, 0.4) is 0 Å². The molecule has 0 saturated heterocycles. The number of nitrogens with two attached hydrogens (primary N) is 1. The van der Waals surface area contributed by atoms with E-state index in [1.807, 2.05) is 0 Å². The highest BCUT2D eigenvalue weighted by atomic mass is 32.1. The van der Waals surface area contributed by atoms with E-state index in [1.54, 1.807) is 12.1 Å². The number of rotatable bonds is 3. The maximum Gasteiger partial charge on any atom is 0.180 e. The van der Waals surface area contributed by atoms with Gasteiger partial charge in [-0.2, -0.15) is 0 Å². The first kappa shape index (κ1) is 12.0. The molecule has 1 aromatic carbocycles. The van der Waals surface area contributed by atoms with Crippen LogP contribution in [-0.4, -0.2) is 4.98 Å². The Labute approximate surface area is 104 Å². The van der Waals surface area contributed by atoms with Crippen LogP contribution in [0.1, 0.15) is 35.9 Å². The summed E-state index contributed by atoms with van der Waals surface area (Å²) in [7, 11) is 0. The van der Waals surface area contributed by atoms with Gasteiger partial charge in [0, 0.05) is 11.3 Å². The lowest BCUT2D eigenvalue weighted by Gasteiger charge is -2.05. The molecule has 0 fully saturated rings. The third-order valence-corrected chi connectivity index (χ3v) is 3.47. The van der Waals surface area contributed by atoms with Crippen LogP contribution in [0.25, 0.3) is 0 Å². The highest BCUT2D eigenvalue weighted by Gasteiger charge is 2.13. The zero-order valence-electron chi connectivity index (χ0n) is 9.90. The van der Waals surface area contributed by atoms with Gasteiger partial charge >= 0.3 is 0 Å².